The third-order valence-corrected chi connectivity index (χ3v) is 8.22. The molecule has 192 valence electrons. The third-order valence-electron chi connectivity index (χ3n) is 6.01. The molecule has 0 saturated carbocycles. The minimum absolute atomic E-state index is 0.247. The number of carbonyl (C=O) groups is 2. The Morgan fingerprint density at radius 1 is 1.08 bits per heavy atom. The van der Waals surface area contributed by atoms with Gasteiger partial charge in [-0.3, -0.25) is 4.79 Å². The molecule has 1 atom stereocenters. The summed E-state index contributed by atoms with van der Waals surface area (Å²) < 4.78 is 5.21. The summed E-state index contributed by atoms with van der Waals surface area (Å²) in [6.45, 7) is 7.50. The molecule has 2 aromatic carbocycles. The summed E-state index contributed by atoms with van der Waals surface area (Å²) >= 11 is 2.56. The number of pyridine rings is 1. The van der Waals surface area contributed by atoms with Gasteiger partial charge >= 0.3 is 5.97 Å². The molecular formula is C30H27N3O3S2. The number of amides is 1. The monoisotopic (exact) mass is 541 g/mol. The van der Waals surface area contributed by atoms with Gasteiger partial charge in [-0.15, -0.1) is 11.3 Å². The van der Waals surface area contributed by atoms with Crippen molar-refractivity contribution in [1.29, 1.82) is 5.26 Å². The van der Waals surface area contributed by atoms with Gasteiger partial charge in [-0.2, -0.15) is 5.26 Å². The van der Waals surface area contributed by atoms with Crippen molar-refractivity contribution in [3.63, 3.8) is 0 Å². The largest absolute Gasteiger partial charge is 0.462 e. The van der Waals surface area contributed by atoms with Crippen molar-refractivity contribution in [1.82, 2.24) is 4.98 Å². The first-order valence-corrected chi connectivity index (χ1v) is 13.8. The van der Waals surface area contributed by atoms with E-state index in [1.54, 1.807) is 13.8 Å². The van der Waals surface area contributed by atoms with Crippen LogP contribution in [-0.2, 0) is 9.53 Å². The lowest BCUT2D eigenvalue weighted by Crippen LogP contribution is -2.23. The molecule has 0 spiro atoms. The van der Waals surface area contributed by atoms with Gasteiger partial charge in [0.1, 0.15) is 16.1 Å². The lowest BCUT2D eigenvalue weighted by atomic mass is 9.99. The number of aromatic nitrogens is 1. The molecule has 2 heterocycles. The van der Waals surface area contributed by atoms with Gasteiger partial charge in [-0.1, -0.05) is 72.4 Å². The van der Waals surface area contributed by atoms with E-state index in [0.29, 0.717) is 26.8 Å². The fourth-order valence-electron chi connectivity index (χ4n) is 3.92. The number of anilines is 1. The van der Waals surface area contributed by atoms with Crippen LogP contribution >= 0.6 is 23.1 Å². The Kier molecular flexibility index (Phi) is 8.62. The van der Waals surface area contributed by atoms with Crippen LogP contribution in [0, 0.1) is 25.2 Å². The molecule has 0 radical (unpaired) electrons. The number of rotatable bonds is 8. The van der Waals surface area contributed by atoms with Crippen molar-refractivity contribution in [3.05, 3.63) is 88.3 Å². The number of ether oxygens (including phenoxy) is 1. The van der Waals surface area contributed by atoms with Crippen molar-refractivity contribution < 1.29 is 14.3 Å². The molecule has 0 aliphatic rings. The van der Waals surface area contributed by atoms with Crippen molar-refractivity contribution in [2.45, 2.75) is 38.0 Å². The molecule has 0 saturated heterocycles. The molecule has 6 nitrogen and oxygen atoms in total. The number of hydrogen-bond donors (Lipinski definition) is 1. The first-order chi connectivity index (χ1) is 18.3. The van der Waals surface area contributed by atoms with E-state index in [0.717, 1.165) is 27.1 Å². The van der Waals surface area contributed by atoms with E-state index in [9.17, 15) is 14.9 Å². The SMILES string of the molecule is CCOC(=O)c1c(NC(=O)C(C)Sc2nc(-c3ccccc3)cc(-c3ccccc3)c2C#N)sc(C)c1C. The number of hydrogen-bond acceptors (Lipinski definition) is 7. The average molecular weight is 542 g/mol. The summed E-state index contributed by atoms with van der Waals surface area (Å²) in [5.41, 5.74) is 4.87. The first-order valence-electron chi connectivity index (χ1n) is 12.1. The van der Waals surface area contributed by atoms with Gasteiger partial charge in [0.2, 0.25) is 5.91 Å². The maximum atomic E-state index is 13.3. The Balaban J connectivity index is 1.69. The number of benzene rings is 2. The smallest absolute Gasteiger partial charge is 0.341 e. The van der Waals surface area contributed by atoms with E-state index in [1.807, 2.05) is 80.6 Å². The second-order valence-corrected chi connectivity index (χ2v) is 11.1. The topological polar surface area (TPSA) is 92.1 Å². The fourth-order valence-corrected chi connectivity index (χ4v) is 5.89. The summed E-state index contributed by atoms with van der Waals surface area (Å²) in [5.74, 6) is -0.750. The quantitative estimate of drug-likeness (QED) is 0.186. The molecule has 0 fully saturated rings. The third kappa shape index (κ3) is 5.80. The summed E-state index contributed by atoms with van der Waals surface area (Å²) in [6.07, 6.45) is 0. The van der Waals surface area contributed by atoms with Crippen LogP contribution in [0.15, 0.2) is 71.8 Å². The van der Waals surface area contributed by atoms with Gasteiger partial charge in [-0.25, -0.2) is 9.78 Å². The molecule has 4 rings (SSSR count). The highest BCUT2D eigenvalue weighted by Crippen LogP contribution is 2.37. The fraction of sp³-hybridized carbons (Fsp3) is 0.200. The van der Waals surface area contributed by atoms with Gasteiger partial charge in [0.25, 0.3) is 0 Å². The normalized spacial score (nSPS) is 11.4. The number of nitrogens with zero attached hydrogens (tertiary/aromatic N) is 2. The molecule has 8 heteroatoms. The number of thiophene rings is 1. The maximum absolute atomic E-state index is 13.3. The zero-order valence-corrected chi connectivity index (χ0v) is 23.2. The summed E-state index contributed by atoms with van der Waals surface area (Å²) in [5, 5.41) is 13.4. The van der Waals surface area contributed by atoms with Crippen LogP contribution in [0.1, 0.15) is 40.2 Å². The van der Waals surface area contributed by atoms with Crippen LogP contribution in [0.25, 0.3) is 22.4 Å². The lowest BCUT2D eigenvalue weighted by molar-refractivity contribution is -0.115. The summed E-state index contributed by atoms with van der Waals surface area (Å²) in [6, 6.07) is 23.6. The predicted octanol–water partition coefficient (Wildman–Crippen LogP) is 7.26. The van der Waals surface area contributed by atoms with Crippen LogP contribution in [0.5, 0.6) is 0 Å². The number of nitrogens with one attached hydrogen (secondary N) is 1. The lowest BCUT2D eigenvalue weighted by Gasteiger charge is -2.16. The predicted molar refractivity (Wildman–Crippen MR) is 154 cm³/mol. The molecule has 1 amide bonds. The van der Waals surface area contributed by atoms with Crippen LogP contribution in [-0.4, -0.2) is 28.7 Å². The van der Waals surface area contributed by atoms with Gasteiger partial charge in [0.05, 0.1) is 28.7 Å². The molecule has 4 aromatic rings. The van der Waals surface area contributed by atoms with E-state index < -0.39 is 11.2 Å². The number of thioether (sulfide) groups is 1. The molecule has 0 aliphatic heterocycles. The Labute approximate surface area is 230 Å². The Hall–Kier alpha value is -3.93. The van der Waals surface area contributed by atoms with Crippen LogP contribution < -0.4 is 5.32 Å². The van der Waals surface area contributed by atoms with E-state index in [-0.39, 0.29) is 12.5 Å². The van der Waals surface area contributed by atoms with Crippen molar-refractivity contribution in [3.8, 4) is 28.5 Å². The molecule has 0 bridgehead atoms. The van der Waals surface area contributed by atoms with E-state index >= 15 is 0 Å². The van der Waals surface area contributed by atoms with E-state index in [2.05, 4.69) is 11.4 Å². The van der Waals surface area contributed by atoms with E-state index in [1.165, 1.54) is 23.1 Å². The summed E-state index contributed by atoms with van der Waals surface area (Å²) in [4.78, 5) is 31.6. The minimum atomic E-state index is -0.595. The molecule has 1 N–H and O–H groups in total. The molecule has 2 aromatic heterocycles. The Morgan fingerprint density at radius 2 is 1.71 bits per heavy atom. The van der Waals surface area contributed by atoms with Crippen LogP contribution in [0.3, 0.4) is 0 Å². The maximum Gasteiger partial charge on any atom is 0.341 e. The average Bonchev–Trinajstić information content (AvgIpc) is 3.21. The number of aryl methyl sites for hydroxylation is 1. The van der Waals surface area contributed by atoms with Gasteiger partial charge in [-0.05, 0) is 44.9 Å². The molecule has 0 aliphatic carbocycles. The second-order valence-electron chi connectivity index (χ2n) is 8.54. The highest BCUT2D eigenvalue weighted by Gasteiger charge is 2.26. The van der Waals surface area contributed by atoms with E-state index in [4.69, 9.17) is 9.72 Å². The second kappa shape index (κ2) is 12.1. The van der Waals surface area contributed by atoms with Gasteiger partial charge in [0.15, 0.2) is 0 Å². The van der Waals surface area contributed by atoms with Gasteiger partial charge in [0, 0.05) is 16.0 Å². The zero-order chi connectivity index (χ0) is 27.2. The number of esters is 1. The Morgan fingerprint density at radius 3 is 2.32 bits per heavy atom. The van der Waals surface area contributed by atoms with Crippen molar-refractivity contribution in [2.75, 3.05) is 11.9 Å². The molecule has 1 unspecified atom stereocenters. The first kappa shape index (κ1) is 27.1. The standard InChI is InChI=1S/C30H27N3O3S2/c1-5-36-30(35)26-18(2)19(3)37-29(26)33-27(34)20(4)38-28-24(17-31)23(21-12-8-6-9-13-21)16-25(32-28)22-14-10-7-11-15-22/h6-16,20H,5H2,1-4H3,(H,33,34). The highest BCUT2D eigenvalue weighted by atomic mass is 32.2. The van der Waals surface area contributed by atoms with Crippen LogP contribution in [0.4, 0.5) is 5.00 Å². The molecule has 38 heavy (non-hydrogen) atoms. The number of nitriles is 1. The van der Waals surface area contributed by atoms with Crippen LogP contribution in [0.2, 0.25) is 0 Å². The zero-order valence-electron chi connectivity index (χ0n) is 21.6. The Bertz CT molecular complexity index is 1510. The molecular weight excluding hydrogens is 514 g/mol. The minimum Gasteiger partial charge on any atom is -0.462 e. The summed E-state index contributed by atoms with van der Waals surface area (Å²) in [7, 11) is 0. The van der Waals surface area contributed by atoms with Gasteiger partial charge < -0.3 is 10.1 Å². The number of carbonyl (C=O) groups excluding carboxylic acids is 2. The highest BCUT2D eigenvalue weighted by molar-refractivity contribution is 8.00. The van der Waals surface area contributed by atoms with Crippen molar-refractivity contribution >= 4 is 40.0 Å². The van der Waals surface area contributed by atoms with Crippen molar-refractivity contribution in [2.24, 2.45) is 0 Å².